The Balaban J connectivity index is 1.20. The predicted octanol–water partition coefficient (Wildman–Crippen LogP) is 9.38. The summed E-state index contributed by atoms with van der Waals surface area (Å²) in [5.41, 5.74) is 12.5. The van der Waals surface area contributed by atoms with E-state index in [9.17, 15) is 0 Å². The summed E-state index contributed by atoms with van der Waals surface area (Å²) < 4.78 is 0. The fourth-order valence-electron chi connectivity index (χ4n) is 6.75. The fraction of sp³-hybridized carbons (Fsp3) is 0. The Labute approximate surface area is 280 Å². The van der Waals surface area contributed by atoms with Gasteiger partial charge in [0, 0.05) is 34.2 Å². The summed E-state index contributed by atoms with van der Waals surface area (Å²) in [6.07, 6.45) is 4.37. The molecule has 0 aliphatic carbocycles. The van der Waals surface area contributed by atoms with Crippen LogP contribution in [0.25, 0.3) is 61.7 Å². The second kappa shape index (κ2) is 11.8. The van der Waals surface area contributed by atoms with Gasteiger partial charge in [-0.2, -0.15) is 0 Å². The van der Waals surface area contributed by atoms with E-state index in [0.717, 1.165) is 22.4 Å². The number of allylic oxidation sites excluding steroid dienone is 2. The van der Waals surface area contributed by atoms with E-state index >= 15 is 0 Å². The zero-order valence-electron chi connectivity index (χ0n) is 26.1. The molecule has 48 heavy (non-hydrogen) atoms. The molecule has 224 valence electrons. The predicted molar refractivity (Wildman–Crippen MR) is 198 cm³/mol. The lowest BCUT2D eigenvalue weighted by atomic mass is 9.49. The molecule has 0 saturated heterocycles. The van der Waals surface area contributed by atoms with Gasteiger partial charge in [0.1, 0.15) is 0 Å². The van der Waals surface area contributed by atoms with E-state index < -0.39 is 0 Å². The van der Waals surface area contributed by atoms with Crippen LogP contribution in [0.4, 0.5) is 5.69 Å². The van der Waals surface area contributed by atoms with Crippen LogP contribution in [0.5, 0.6) is 0 Å². The fourth-order valence-corrected chi connectivity index (χ4v) is 6.75. The van der Waals surface area contributed by atoms with Crippen molar-refractivity contribution in [1.82, 2.24) is 15.0 Å². The Morgan fingerprint density at radius 3 is 1.46 bits per heavy atom. The largest absolute Gasteiger partial charge is 0.382 e. The minimum Gasteiger partial charge on any atom is -0.382 e. The van der Waals surface area contributed by atoms with Crippen LogP contribution in [-0.2, 0) is 0 Å². The van der Waals surface area contributed by atoms with Crippen LogP contribution < -0.4 is 10.3 Å². The van der Waals surface area contributed by atoms with Gasteiger partial charge in [0.2, 0.25) is 0 Å². The third-order valence-corrected chi connectivity index (χ3v) is 9.14. The first-order valence-corrected chi connectivity index (χ1v) is 16.2. The molecule has 6 aromatic carbocycles. The highest BCUT2D eigenvalue weighted by Gasteiger charge is 2.35. The Hall–Kier alpha value is -6.33. The van der Waals surface area contributed by atoms with Crippen LogP contribution in [0.1, 0.15) is 5.82 Å². The molecule has 9 rings (SSSR count). The van der Waals surface area contributed by atoms with Crippen LogP contribution in [0, 0.1) is 0 Å². The van der Waals surface area contributed by atoms with E-state index in [4.69, 9.17) is 15.0 Å². The van der Waals surface area contributed by atoms with Crippen molar-refractivity contribution in [3.05, 3.63) is 182 Å². The molecule has 2 aliphatic rings. The molecule has 0 fully saturated rings. The summed E-state index contributed by atoms with van der Waals surface area (Å²) in [6, 6.07) is 55.2. The Morgan fingerprint density at radius 1 is 0.417 bits per heavy atom. The smallest absolute Gasteiger partial charge is 0.320 e. The highest BCUT2D eigenvalue weighted by molar-refractivity contribution is 6.84. The highest BCUT2D eigenvalue weighted by Crippen LogP contribution is 2.41. The van der Waals surface area contributed by atoms with Crippen molar-refractivity contribution in [1.29, 1.82) is 0 Å². The maximum absolute atomic E-state index is 5.02. The van der Waals surface area contributed by atoms with Gasteiger partial charge in [-0.3, -0.25) is 0 Å². The Morgan fingerprint density at radius 2 is 0.896 bits per heavy atom. The topological polar surface area (TPSA) is 41.9 Å². The standard InChI is InChI=1S/C43H29BN4/c1-5-13-30(14-6-1)34-21-23-39-37(27-34)38-28-35(31-15-7-2-8-16-31)22-24-40(38)48-29-36(25-26-44(39)48)43-46-41(32-17-9-3-10-18-32)45-42(47-43)33-19-11-4-12-20-33/h1-29H. The average molecular weight is 613 g/mol. The molecule has 2 aliphatic heterocycles. The van der Waals surface area contributed by atoms with Gasteiger partial charge in [0.05, 0.1) is 0 Å². The van der Waals surface area contributed by atoms with Crippen LogP contribution in [0.3, 0.4) is 0 Å². The number of hydrogen-bond acceptors (Lipinski definition) is 4. The zero-order chi connectivity index (χ0) is 31.9. The Kier molecular flexibility index (Phi) is 6.87. The molecular weight excluding hydrogens is 583 g/mol. The van der Waals surface area contributed by atoms with Crippen LogP contribution in [0.2, 0.25) is 0 Å². The third kappa shape index (κ3) is 5.02. The van der Waals surface area contributed by atoms with Gasteiger partial charge in [0.15, 0.2) is 17.5 Å². The summed E-state index contributed by atoms with van der Waals surface area (Å²) in [7, 11) is 0. The summed E-state index contributed by atoms with van der Waals surface area (Å²) in [5.74, 6) is 4.23. The quantitative estimate of drug-likeness (QED) is 0.182. The van der Waals surface area contributed by atoms with Crippen LogP contribution >= 0.6 is 0 Å². The molecule has 0 bridgehead atoms. The van der Waals surface area contributed by atoms with E-state index in [2.05, 4.69) is 120 Å². The maximum Gasteiger partial charge on any atom is 0.320 e. The second-order valence-electron chi connectivity index (χ2n) is 12.1. The summed E-state index contributed by atoms with van der Waals surface area (Å²) in [4.78, 5) is 17.3. The molecule has 7 aromatic rings. The van der Waals surface area contributed by atoms with E-state index in [0.29, 0.717) is 17.5 Å². The molecule has 0 saturated carbocycles. The summed E-state index contributed by atoms with van der Waals surface area (Å²) >= 11 is 0. The van der Waals surface area contributed by atoms with Crippen molar-refractivity contribution < 1.29 is 0 Å². The van der Waals surface area contributed by atoms with Gasteiger partial charge < -0.3 is 4.81 Å². The monoisotopic (exact) mass is 612 g/mol. The molecule has 0 spiro atoms. The molecule has 0 N–H and O–H groups in total. The molecule has 0 unspecified atom stereocenters. The van der Waals surface area contributed by atoms with Gasteiger partial charge in [-0.15, -0.1) is 0 Å². The van der Waals surface area contributed by atoms with Crippen molar-refractivity contribution >= 4 is 23.6 Å². The van der Waals surface area contributed by atoms with Crippen molar-refractivity contribution in [3.63, 3.8) is 0 Å². The van der Waals surface area contributed by atoms with Gasteiger partial charge in [-0.1, -0.05) is 152 Å². The molecule has 1 aromatic heterocycles. The lowest BCUT2D eigenvalue weighted by Gasteiger charge is -2.37. The van der Waals surface area contributed by atoms with E-state index in [1.807, 2.05) is 60.7 Å². The minimum absolute atomic E-state index is 0.0349. The number of benzene rings is 6. The van der Waals surface area contributed by atoms with Crippen molar-refractivity contribution in [2.75, 3.05) is 4.81 Å². The van der Waals surface area contributed by atoms with E-state index in [1.165, 1.54) is 38.8 Å². The number of hydrogen-bond donors (Lipinski definition) is 0. The second-order valence-corrected chi connectivity index (χ2v) is 12.1. The zero-order valence-corrected chi connectivity index (χ0v) is 26.1. The number of aromatic nitrogens is 3. The Bertz CT molecular complexity index is 2280. The first-order chi connectivity index (χ1) is 23.8. The molecular formula is C43H29BN4. The van der Waals surface area contributed by atoms with Crippen LogP contribution in [-0.4, -0.2) is 21.8 Å². The van der Waals surface area contributed by atoms with Gasteiger partial charge in [-0.05, 0) is 51.5 Å². The normalized spacial score (nSPS) is 13.0. The minimum atomic E-state index is 0.0349. The molecule has 3 heterocycles. The van der Waals surface area contributed by atoms with Crippen molar-refractivity contribution in [2.45, 2.75) is 0 Å². The molecule has 4 nitrogen and oxygen atoms in total. The molecule has 5 heteroatoms. The third-order valence-electron chi connectivity index (χ3n) is 9.14. The van der Waals surface area contributed by atoms with Gasteiger partial charge in [-0.25, -0.2) is 15.0 Å². The maximum atomic E-state index is 5.02. The number of rotatable bonds is 5. The van der Waals surface area contributed by atoms with Crippen LogP contribution in [0.15, 0.2) is 176 Å². The summed E-state index contributed by atoms with van der Waals surface area (Å²) in [5, 5.41) is 0. The SMILES string of the molecule is C1=CC(c2nc(-c3ccccc3)nc(-c3ccccc3)n2)=CN2B1c1ccc(-c3ccccc3)cc1-c1cc(-c3ccccc3)ccc12. The van der Waals surface area contributed by atoms with Crippen molar-refractivity contribution in [2.24, 2.45) is 0 Å². The number of anilines is 1. The lowest BCUT2D eigenvalue weighted by molar-refractivity contribution is 1.04. The highest BCUT2D eigenvalue weighted by atomic mass is 15.1. The first-order valence-electron chi connectivity index (χ1n) is 16.2. The van der Waals surface area contributed by atoms with Gasteiger partial charge in [0.25, 0.3) is 0 Å². The molecule has 0 atom stereocenters. The number of fused-ring (bicyclic) bond motifs is 6. The molecule has 0 radical (unpaired) electrons. The average Bonchev–Trinajstić information content (AvgIpc) is 3.18. The first kappa shape index (κ1) is 27.9. The number of nitrogens with zero attached hydrogens (tertiary/aromatic N) is 4. The summed E-state index contributed by atoms with van der Waals surface area (Å²) in [6.45, 7) is 0.0349. The van der Waals surface area contributed by atoms with E-state index in [1.54, 1.807) is 0 Å². The van der Waals surface area contributed by atoms with Crippen molar-refractivity contribution in [3.8, 4) is 56.2 Å². The molecule has 0 amide bonds. The lowest BCUT2D eigenvalue weighted by Crippen LogP contribution is -2.49. The van der Waals surface area contributed by atoms with Gasteiger partial charge >= 0.3 is 6.85 Å². The van der Waals surface area contributed by atoms with E-state index in [-0.39, 0.29) is 6.85 Å².